The SMILES string of the molecule is CN(C(=O)C1CCOCC1)C(CO)C(=O)O. The smallest absolute Gasteiger partial charge is 0.328 e. The molecule has 0 saturated carbocycles. The van der Waals surface area contributed by atoms with Crippen LogP contribution >= 0.6 is 0 Å². The average molecular weight is 231 g/mol. The molecule has 16 heavy (non-hydrogen) atoms. The van der Waals surface area contributed by atoms with Gasteiger partial charge in [0, 0.05) is 26.2 Å². The molecule has 1 heterocycles. The number of carbonyl (C=O) groups excluding carboxylic acids is 1. The molecule has 1 aliphatic rings. The summed E-state index contributed by atoms with van der Waals surface area (Å²) < 4.78 is 5.13. The lowest BCUT2D eigenvalue weighted by atomic mass is 9.98. The Labute approximate surface area is 93.8 Å². The third-order valence-corrected chi connectivity index (χ3v) is 2.84. The molecule has 0 aromatic carbocycles. The first-order valence-corrected chi connectivity index (χ1v) is 5.26. The first kappa shape index (κ1) is 12.9. The van der Waals surface area contributed by atoms with Crippen molar-refractivity contribution in [2.24, 2.45) is 5.92 Å². The molecule has 1 saturated heterocycles. The van der Waals surface area contributed by atoms with E-state index >= 15 is 0 Å². The summed E-state index contributed by atoms with van der Waals surface area (Å²) in [5.74, 6) is -1.61. The molecule has 0 aromatic rings. The molecule has 6 nitrogen and oxygen atoms in total. The first-order valence-electron chi connectivity index (χ1n) is 5.26. The fourth-order valence-electron chi connectivity index (χ4n) is 1.75. The highest BCUT2D eigenvalue weighted by molar-refractivity contribution is 5.85. The largest absolute Gasteiger partial charge is 0.480 e. The van der Waals surface area contributed by atoms with Gasteiger partial charge in [0.25, 0.3) is 0 Å². The Balaban J connectivity index is 2.60. The van der Waals surface area contributed by atoms with Crippen LogP contribution in [0.3, 0.4) is 0 Å². The number of rotatable bonds is 4. The summed E-state index contributed by atoms with van der Waals surface area (Å²) in [4.78, 5) is 23.8. The zero-order valence-electron chi connectivity index (χ0n) is 9.26. The number of carbonyl (C=O) groups is 2. The first-order chi connectivity index (χ1) is 7.57. The van der Waals surface area contributed by atoms with Crippen LogP contribution in [-0.2, 0) is 14.3 Å². The van der Waals surface area contributed by atoms with Crippen molar-refractivity contribution in [1.82, 2.24) is 4.90 Å². The molecule has 0 bridgehead atoms. The summed E-state index contributed by atoms with van der Waals surface area (Å²) in [6, 6.07) is -1.16. The van der Waals surface area contributed by atoms with Crippen LogP contribution in [0, 0.1) is 5.92 Å². The number of likely N-dealkylation sites (N-methyl/N-ethyl adjacent to an activating group) is 1. The van der Waals surface area contributed by atoms with Crippen molar-refractivity contribution >= 4 is 11.9 Å². The third kappa shape index (κ3) is 2.93. The number of ether oxygens (including phenoxy) is 1. The van der Waals surface area contributed by atoms with E-state index < -0.39 is 18.6 Å². The van der Waals surface area contributed by atoms with E-state index in [0.717, 1.165) is 4.90 Å². The Hall–Kier alpha value is -1.14. The van der Waals surface area contributed by atoms with E-state index in [1.807, 2.05) is 0 Å². The minimum Gasteiger partial charge on any atom is -0.480 e. The lowest BCUT2D eigenvalue weighted by Crippen LogP contribution is -2.47. The highest BCUT2D eigenvalue weighted by atomic mass is 16.5. The number of carboxylic acid groups (broad SMARTS) is 1. The van der Waals surface area contributed by atoms with Crippen molar-refractivity contribution < 1.29 is 24.5 Å². The van der Waals surface area contributed by atoms with E-state index in [1.165, 1.54) is 7.05 Å². The number of aliphatic carboxylic acids is 1. The second-order valence-corrected chi connectivity index (χ2v) is 3.87. The Bertz CT molecular complexity index is 262. The molecule has 92 valence electrons. The predicted octanol–water partition coefficient (Wildman–Crippen LogP) is -0.683. The van der Waals surface area contributed by atoms with Crippen LogP contribution < -0.4 is 0 Å². The Morgan fingerprint density at radius 3 is 2.44 bits per heavy atom. The van der Waals surface area contributed by atoms with E-state index in [0.29, 0.717) is 26.1 Å². The highest BCUT2D eigenvalue weighted by Crippen LogP contribution is 2.18. The van der Waals surface area contributed by atoms with Crippen molar-refractivity contribution in [3.63, 3.8) is 0 Å². The Kier molecular flexibility index (Phi) is 4.70. The van der Waals surface area contributed by atoms with Crippen LogP contribution in [0.1, 0.15) is 12.8 Å². The molecule has 0 spiro atoms. The molecule has 0 aromatic heterocycles. The van der Waals surface area contributed by atoms with E-state index in [9.17, 15) is 9.59 Å². The average Bonchev–Trinajstić information content (AvgIpc) is 2.29. The van der Waals surface area contributed by atoms with Gasteiger partial charge in [0.1, 0.15) is 0 Å². The van der Waals surface area contributed by atoms with Gasteiger partial charge in [-0.1, -0.05) is 0 Å². The molecule has 1 fully saturated rings. The minimum atomic E-state index is -1.19. The number of aliphatic hydroxyl groups is 1. The number of nitrogens with zero attached hydrogens (tertiary/aromatic N) is 1. The summed E-state index contributed by atoms with van der Waals surface area (Å²) in [6.07, 6.45) is 1.22. The maximum absolute atomic E-state index is 11.9. The number of amides is 1. The molecule has 1 unspecified atom stereocenters. The van der Waals surface area contributed by atoms with Gasteiger partial charge in [0.05, 0.1) is 6.61 Å². The predicted molar refractivity (Wildman–Crippen MR) is 54.8 cm³/mol. The zero-order chi connectivity index (χ0) is 12.1. The molecular formula is C10H17NO5. The zero-order valence-corrected chi connectivity index (χ0v) is 9.26. The number of aliphatic hydroxyl groups excluding tert-OH is 1. The van der Waals surface area contributed by atoms with Crippen LogP contribution in [0.15, 0.2) is 0 Å². The van der Waals surface area contributed by atoms with E-state index in [4.69, 9.17) is 14.9 Å². The molecule has 2 N–H and O–H groups in total. The standard InChI is InChI=1S/C10H17NO5/c1-11(8(6-12)10(14)15)9(13)7-2-4-16-5-3-7/h7-8,12H,2-6H2,1H3,(H,14,15). The lowest BCUT2D eigenvalue weighted by molar-refractivity contribution is -0.153. The fraction of sp³-hybridized carbons (Fsp3) is 0.800. The van der Waals surface area contributed by atoms with Crippen molar-refractivity contribution in [1.29, 1.82) is 0 Å². The van der Waals surface area contributed by atoms with Crippen LogP contribution in [0.25, 0.3) is 0 Å². The molecule has 0 radical (unpaired) electrons. The maximum atomic E-state index is 11.9. The quantitative estimate of drug-likeness (QED) is 0.669. The molecule has 1 amide bonds. The van der Waals surface area contributed by atoms with Gasteiger partial charge in [0.2, 0.25) is 5.91 Å². The van der Waals surface area contributed by atoms with Crippen LogP contribution in [-0.4, -0.2) is 59.9 Å². The number of carboxylic acids is 1. The third-order valence-electron chi connectivity index (χ3n) is 2.84. The van der Waals surface area contributed by atoms with Crippen molar-refractivity contribution in [3.8, 4) is 0 Å². The molecule has 0 aliphatic carbocycles. The van der Waals surface area contributed by atoms with Gasteiger partial charge in [-0.05, 0) is 12.8 Å². The number of hydrogen-bond donors (Lipinski definition) is 2. The van der Waals surface area contributed by atoms with Crippen LogP contribution in [0.4, 0.5) is 0 Å². The van der Waals surface area contributed by atoms with Gasteiger partial charge in [-0.25, -0.2) is 4.79 Å². The topological polar surface area (TPSA) is 87.1 Å². The minimum absolute atomic E-state index is 0.188. The summed E-state index contributed by atoms with van der Waals surface area (Å²) in [5, 5.41) is 17.7. The van der Waals surface area contributed by atoms with Crippen molar-refractivity contribution in [3.05, 3.63) is 0 Å². The molecule has 6 heteroatoms. The van der Waals surface area contributed by atoms with Gasteiger partial charge < -0.3 is 19.8 Å². The van der Waals surface area contributed by atoms with Gasteiger partial charge in [-0.2, -0.15) is 0 Å². The number of hydrogen-bond acceptors (Lipinski definition) is 4. The molecular weight excluding hydrogens is 214 g/mol. The Morgan fingerprint density at radius 1 is 1.44 bits per heavy atom. The molecule has 1 rings (SSSR count). The van der Waals surface area contributed by atoms with Gasteiger partial charge >= 0.3 is 5.97 Å². The lowest BCUT2D eigenvalue weighted by Gasteiger charge is -2.29. The van der Waals surface area contributed by atoms with Crippen LogP contribution in [0.5, 0.6) is 0 Å². The summed E-state index contributed by atoms with van der Waals surface area (Å²) in [5.41, 5.74) is 0. The second-order valence-electron chi connectivity index (χ2n) is 3.87. The van der Waals surface area contributed by atoms with Gasteiger partial charge in [-0.3, -0.25) is 4.79 Å². The molecule has 1 atom stereocenters. The maximum Gasteiger partial charge on any atom is 0.328 e. The monoisotopic (exact) mass is 231 g/mol. The highest BCUT2D eigenvalue weighted by Gasteiger charge is 2.31. The van der Waals surface area contributed by atoms with Gasteiger partial charge in [0.15, 0.2) is 6.04 Å². The normalized spacial score (nSPS) is 19.1. The van der Waals surface area contributed by atoms with E-state index in [-0.39, 0.29) is 11.8 Å². The summed E-state index contributed by atoms with van der Waals surface area (Å²) >= 11 is 0. The molecule has 1 aliphatic heterocycles. The Morgan fingerprint density at radius 2 is 2.00 bits per heavy atom. The van der Waals surface area contributed by atoms with Gasteiger partial charge in [-0.15, -0.1) is 0 Å². The summed E-state index contributed by atoms with van der Waals surface area (Å²) in [7, 11) is 1.41. The van der Waals surface area contributed by atoms with Crippen LogP contribution in [0.2, 0.25) is 0 Å². The van der Waals surface area contributed by atoms with Crippen molar-refractivity contribution in [2.75, 3.05) is 26.9 Å². The fourth-order valence-corrected chi connectivity index (χ4v) is 1.75. The van der Waals surface area contributed by atoms with E-state index in [2.05, 4.69) is 0 Å². The van der Waals surface area contributed by atoms with Crippen molar-refractivity contribution in [2.45, 2.75) is 18.9 Å². The van der Waals surface area contributed by atoms with E-state index in [1.54, 1.807) is 0 Å². The summed E-state index contributed by atoms with van der Waals surface area (Å²) in [6.45, 7) is 0.489. The second kappa shape index (κ2) is 5.81.